The van der Waals surface area contributed by atoms with Gasteiger partial charge in [-0.25, -0.2) is 0 Å². The molecule has 19 heavy (non-hydrogen) atoms. The second kappa shape index (κ2) is 9.70. The van der Waals surface area contributed by atoms with Gasteiger partial charge in [0.05, 0.1) is 0 Å². The first-order chi connectivity index (χ1) is 9.13. The van der Waals surface area contributed by atoms with Crippen molar-refractivity contribution >= 4 is 0 Å². The summed E-state index contributed by atoms with van der Waals surface area (Å²) in [5, 5.41) is 3.54. The second-order valence-electron chi connectivity index (χ2n) is 6.09. The maximum absolute atomic E-state index is 3.54. The van der Waals surface area contributed by atoms with Crippen molar-refractivity contribution in [3.63, 3.8) is 0 Å². The summed E-state index contributed by atoms with van der Waals surface area (Å²) in [6.07, 6.45) is 4.01. The number of hydrogen-bond donors (Lipinski definition) is 1. The lowest BCUT2D eigenvalue weighted by Gasteiger charge is -2.27. The SMILES string of the molecule is CCN1CCCC1CN(C)CCNCCCN(C)C. The largest absolute Gasteiger partial charge is 0.315 e. The highest BCUT2D eigenvalue weighted by Gasteiger charge is 2.23. The van der Waals surface area contributed by atoms with Crippen LogP contribution in [0.4, 0.5) is 0 Å². The summed E-state index contributed by atoms with van der Waals surface area (Å²) in [5.74, 6) is 0. The van der Waals surface area contributed by atoms with Gasteiger partial charge >= 0.3 is 0 Å². The zero-order valence-corrected chi connectivity index (χ0v) is 13.5. The van der Waals surface area contributed by atoms with E-state index in [2.05, 4.69) is 48.1 Å². The molecule has 0 saturated carbocycles. The Labute approximate surface area is 120 Å². The number of rotatable bonds is 10. The lowest BCUT2D eigenvalue weighted by Crippen LogP contribution is -2.41. The van der Waals surface area contributed by atoms with Crippen molar-refractivity contribution in [3.8, 4) is 0 Å². The van der Waals surface area contributed by atoms with Crippen LogP contribution in [0.5, 0.6) is 0 Å². The first-order valence-corrected chi connectivity index (χ1v) is 7.91. The molecule has 114 valence electrons. The van der Waals surface area contributed by atoms with Gasteiger partial charge in [0.1, 0.15) is 0 Å². The molecule has 4 nitrogen and oxygen atoms in total. The lowest BCUT2D eigenvalue weighted by atomic mass is 10.2. The van der Waals surface area contributed by atoms with Crippen molar-refractivity contribution in [3.05, 3.63) is 0 Å². The summed E-state index contributed by atoms with van der Waals surface area (Å²) in [6, 6.07) is 0.795. The maximum Gasteiger partial charge on any atom is 0.0223 e. The van der Waals surface area contributed by atoms with Crippen LogP contribution in [0, 0.1) is 0 Å². The minimum atomic E-state index is 0.795. The minimum absolute atomic E-state index is 0.795. The van der Waals surface area contributed by atoms with E-state index >= 15 is 0 Å². The van der Waals surface area contributed by atoms with E-state index in [-0.39, 0.29) is 0 Å². The van der Waals surface area contributed by atoms with Gasteiger partial charge in [0.25, 0.3) is 0 Å². The van der Waals surface area contributed by atoms with E-state index < -0.39 is 0 Å². The van der Waals surface area contributed by atoms with Crippen LogP contribution >= 0.6 is 0 Å². The van der Waals surface area contributed by atoms with Gasteiger partial charge in [-0.05, 0) is 66.6 Å². The highest BCUT2D eigenvalue weighted by molar-refractivity contribution is 4.80. The smallest absolute Gasteiger partial charge is 0.0223 e. The Morgan fingerprint density at radius 1 is 1.16 bits per heavy atom. The number of hydrogen-bond acceptors (Lipinski definition) is 4. The van der Waals surface area contributed by atoms with Gasteiger partial charge in [0.2, 0.25) is 0 Å². The van der Waals surface area contributed by atoms with Crippen LogP contribution in [-0.4, -0.2) is 87.7 Å². The molecule has 1 atom stereocenters. The fourth-order valence-corrected chi connectivity index (χ4v) is 2.88. The summed E-state index contributed by atoms with van der Waals surface area (Å²) < 4.78 is 0. The summed E-state index contributed by atoms with van der Waals surface area (Å²) >= 11 is 0. The molecule has 0 spiro atoms. The molecule has 0 aromatic rings. The van der Waals surface area contributed by atoms with Crippen LogP contribution in [0.25, 0.3) is 0 Å². The van der Waals surface area contributed by atoms with Gasteiger partial charge in [-0.15, -0.1) is 0 Å². The average Bonchev–Trinajstić information content (AvgIpc) is 2.80. The third-order valence-corrected chi connectivity index (χ3v) is 4.06. The predicted molar refractivity (Wildman–Crippen MR) is 83.8 cm³/mol. The van der Waals surface area contributed by atoms with E-state index in [1.54, 1.807) is 0 Å². The van der Waals surface area contributed by atoms with E-state index in [9.17, 15) is 0 Å². The van der Waals surface area contributed by atoms with E-state index in [1.165, 1.54) is 45.4 Å². The third-order valence-electron chi connectivity index (χ3n) is 4.06. The fraction of sp³-hybridized carbons (Fsp3) is 1.00. The molecule has 1 aliphatic heterocycles. The van der Waals surface area contributed by atoms with Crippen LogP contribution in [0.1, 0.15) is 26.2 Å². The molecule has 0 aromatic heterocycles. The first kappa shape index (κ1) is 16.9. The van der Waals surface area contributed by atoms with E-state index in [4.69, 9.17) is 0 Å². The Morgan fingerprint density at radius 2 is 1.95 bits per heavy atom. The van der Waals surface area contributed by atoms with Gasteiger partial charge < -0.3 is 15.1 Å². The predicted octanol–water partition coefficient (Wildman–Crippen LogP) is 0.944. The lowest BCUT2D eigenvalue weighted by molar-refractivity contribution is 0.199. The molecule has 1 heterocycles. The van der Waals surface area contributed by atoms with Gasteiger partial charge in [-0.3, -0.25) is 4.90 Å². The van der Waals surface area contributed by atoms with E-state index in [0.29, 0.717) is 0 Å². The quantitative estimate of drug-likeness (QED) is 0.597. The van der Waals surface area contributed by atoms with Crippen molar-refractivity contribution < 1.29 is 0 Å². The highest BCUT2D eigenvalue weighted by atomic mass is 15.2. The Balaban J connectivity index is 2.00. The molecule has 4 heteroatoms. The molecular weight excluding hydrogens is 236 g/mol. The molecule has 0 aliphatic carbocycles. The van der Waals surface area contributed by atoms with Crippen molar-refractivity contribution in [2.24, 2.45) is 0 Å². The topological polar surface area (TPSA) is 21.8 Å². The summed E-state index contributed by atoms with van der Waals surface area (Å²) in [7, 11) is 6.53. The van der Waals surface area contributed by atoms with E-state index in [0.717, 1.165) is 25.7 Å². The van der Waals surface area contributed by atoms with Crippen LogP contribution in [0.2, 0.25) is 0 Å². The van der Waals surface area contributed by atoms with Gasteiger partial charge in [-0.2, -0.15) is 0 Å². The van der Waals surface area contributed by atoms with Crippen molar-refractivity contribution in [2.45, 2.75) is 32.2 Å². The average molecular weight is 270 g/mol. The van der Waals surface area contributed by atoms with Crippen molar-refractivity contribution in [1.82, 2.24) is 20.0 Å². The standard InChI is InChI=1S/C15H34N4/c1-5-19-12-6-8-15(19)14-18(4)13-10-16-9-7-11-17(2)3/h15-16H,5-14H2,1-4H3. The fourth-order valence-electron chi connectivity index (χ4n) is 2.88. The molecule has 1 rings (SSSR count). The molecule has 1 aliphatic rings. The summed E-state index contributed by atoms with van der Waals surface area (Å²) in [6.45, 7) is 10.6. The molecule has 1 saturated heterocycles. The second-order valence-corrected chi connectivity index (χ2v) is 6.09. The van der Waals surface area contributed by atoms with Gasteiger partial charge in [-0.1, -0.05) is 6.92 Å². The molecule has 1 fully saturated rings. The van der Waals surface area contributed by atoms with Crippen LogP contribution in [0.3, 0.4) is 0 Å². The van der Waals surface area contributed by atoms with E-state index in [1.807, 2.05) is 0 Å². The number of nitrogens with zero attached hydrogens (tertiary/aromatic N) is 3. The molecule has 1 N–H and O–H groups in total. The summed E-state index contributed by atoms with van der Waals surface area (Å²) in [5.41, 5.74) is 0. The monoisotopic (exact) mass is 270 g/mol. The van der Waals surface area contributed by atoms with Crippen LogP contribution in [-0.2, 0) is 0 Å². The number of nitrogens with one attached hydrogen (secondary N) is 1. The molecule has 0 bridgehead atoms. The Morgan fingerprint density at radius 3 is 2.63 bits per heavy atom. The number of likely N-dealkylation sites (tertiary alicyclic amines) is 1. The third kappa shape index (κ3) is 7.25. The molecule has 0 amide bonds. The minimum Gasteiger partial charge on any atom is -0.315 e. The van der Waals surface area contributed by atoms with Crippen LogP contribution in [0.15, 0.2) is 0 Å². The Bertz CT molecular complexity index is 220. The van der Waals surface area contributed by atoms with Gasteiger partial charge in [0, 0.05) is 25.7 Å². The van der Waals surface area contributed by atoms with Gasteiger partial charge in [0.15, 0.2) is 0 Å². The molecule has 1 unspecified atom stereocenters. The first-order valence-electron chi connectivity index (χ1n) is 7.91. The Hall–Kier alpha value is -0.160. The highest BCUT2D eigenvalue weighted by Crippen LogP contribution is 2.16. The molecule has 0 aromatic carbocycles. The van der Waals surface area contributed by atoms with Crippen molar-refractivity contribution in [2.75, 3.05) is 67.0 Å². The normalized spacial score (nSPS) is 20.8. The molecular formula is C15H34N4. The van der Waals surface area contributed by atoms with Crippen LogP contribution < -0.4 is 5.32 Å². The summed E-state index contributed by atoms with van der Waals surface area (Å²) in [4.78, 5) is 7.35. The van der Waals surface area contributed by atoms with Crippen molar-refractivity contribution in [1.29, 1.82) is 0 Å². The Kier molecular flexibility index (Phi) is 8.62. The number of likely N-dealkylation sites (N-methyl/N-ethyl adjacent to an activating group) is 2. The zero-order chi connectivity index (χ0) is 14.1. The maximum atomic E-state index is 3.54. The zero-order valence-electron chi connectivity index (χ0n) is 13.5. The molecule has 0 radical (unpaired) electrons.